The van der Waals surface area contributed by atoms with E-state index >= 15 is 0 Å². The number of benzene rings is 2. The molecule has 0 atom stereocenters. The average molecular weight is 361 g/mol. The minimum Gasteiger partial charge on any atom is -0.457 e. The zero-order valence-corrected chi connectivity index (χ0v) is 13.8. The first-order valence-electron chi connectivity index (χ1n) is 7.06. The van der Waals surface area contributed by atoms with Crippen molar-refractivity contribution in [3.05, 3.63) is 87.9 Å². The molecule has 0 radical (unpaired) electrons. The second-order valence-electron chi connectivity index (χ2n) is 5.03. The lowest BCUT2D eigenvalue weighted by Crippen LogP contribution is -1.93. The number of ketones is 1. The number of furan rings is 1. The minimum absolute atomic E-state index is 0.238. The zero-order valence-electron chi connectivity index (χ0n) is 12.3. The minimum atomic E-state index is -0.383. The van der Waals surface area contributed by atoms with E-state index < -0.39 is 0 Å². The van der Waals surface area contributed by atoms with Crippen molar-refractivity contribution < 1.29 is 13.6 Å². The Labute approximate surface area is 148 Å². The van der Waals surface area contributed by atoms with Gasteiger partial charge in [-0.05, 0) is 66.7 Å². The number of halogens is 3. The van der Waals surface area contributed by atoms with Crippen molar-refractivity contribution in [3.63, 3.8) is 0 Å². The van der Waals surface area contributed by atoms with Crippen molar-refractivity contribution >= 4 is 35.1 Å². The third kappa shape index (κ3) is 3.75. The Morgan fingerprint density at radius 2 is 1.75 bits per heavy atom. The predicted molar refractivity (Wildman–Crippen MR) is 93.9 cm³/mol. The molecule has 0 bridgehead atoms. The molecular weight excluding hydrogens is 350 g/mol. The van der Waals surface area contributed by atoms with Gasteiger partial charge in [-0.1, -0.05) is 23.2 Å². The van der Waals surface area contributed by atoms with Gasteiger partial charge in [0, 0.05) is 16.1 Å². The molecule has 0 aliphatic carbocycles. The molecule has 3 rings (SSSR count). The molecule has 120 valence electrons. The number of rotatable bonds is 4. The Morgan fingerprint density at radius 3 is 2.46 bits per heavy atom. The van der Waals surface area contributed by atoms with Gasteiger partial charge in [0.2, 0.25) is 0 Å². The largest absolute Gasteiger partial charge is 0.457 e. The molecule has 5 heteroatoms. The first-order valence-corrected chi connectivity index (χ1v) is 7.82. The number of allylic oxidation sites excluding steroid dienone is 1. The molecule has 0 amide bonds. The van der Waals surface area contributed by atoms with Crippen LogP contribution in [0.4, 0.5) is 4.39 Å². The molecule has 0 aliphatic heterocycles. The number of carbonyl (C=O) groups excluding carboxylic acids is 1. The molecule has 0 fully saturated rings. The van der Waals surface area contributed by atoms with Gasteiger partial charge in [-0.3, -0.25) is 4.79 Å². The van der Waals surface area contributed by atoms with E-state index in [0.717, 1.165) is 0 Å². The Bertz CT molecular complexity index is 911. The second kappa shape index (κ2) is 7.04. The van der Waals surface area contributed by atoms with Crippen molar-refractivity contribution in [1.29, 1.82) is 0 Å². The molecule has 1 heterocycles. The summed E-state index contributed by atoms with van der Waals surface area (Å²) in [6.07, 6.45) is 2.93. The van der Waals surface area contributed by atoms with Gasteiger partial charge in [0.15, 0.2) is 5.78 Å². The normalized spacial score (nSPS) is 11.1. The van der Waals surface area contributed by atoms with Crippen molar-refractivity contribution in [2.75, 3.05) is 0 Å². The summed E-state index contributed by atoms with van der Waals surface area (Å²) in [4.78, 5) is 12.0. The van der Waals surface area contributed by atoms with Crippen LogP contribution in [0.5, 0.6) is 0 Å². The fourth-order valence-corrected chi connectivity index (χ4v) is 2.65. The quantitative estimate of drug-likeness (QED) is 0.404. The van der Waals surface area contributed by atoms with Gasteiger partial charge >= 0.3 is 0 Å². The molecular formula is C19H11Cl2FO2. The molecule has 0 unspecified atom stereocenters. The van der Waals surface area contributed by atoms with Gasteiger partial charge in [0.25, 0.3) is 0 Å². The summed E-state index contributed by atoms with van der Waals surface area (Å²) in [6.45, 7) is 0. The molecule has 2 aromatic carbocycles. The van der Waals surface area contributed by atoms with Crippen LogP contribution < -0.4 is 0 Å². The van der Waals surface area contributed by atoms with Crippen LogP contribution >= 0.6 is 23.2 Å². The topological polar surface area (TPSA) is 30.2 Å². The number of hydrogen-bond donors (Lipinski definition) is 0. The lowest BCUT2D eigenvalue weighted by atomic mass is 10.1. The fourth-order valence-electron chi connectivity index (χ4n) is 2.14. The smallest absolute Gasteiger partial charge is 0.185 e. The van der Waals surface area contributed by atoms with Crippen LogP contribution in [-0.4, -0.2) is 5.78 Å². The highest BCUT2D eigenvalue weighted by molar-refractivity contribution is 6.36. The van der Waals surface area contributed by atoms with Crippen LogP contribution in [-0.2, 0) is 0 Å². The van der Waals surface area contributed by atoms with E-state index in [2.05, 4.69) is 0 Å². The van der Waals surface area contributed by atoms with E-state index in [-0.39, 0.29) is 11.6 Å². The van der Waals surface area contributed by atoms with Gasteiger partial charge in [-0.15, -0.1) is 0 Å². The van der Waals surface area contributed by atoms with Crippen LogP contribution in [0, 0.1) is 5.82 Å². The van der Waals surface area contributed by atoms with E-state index in [9.17, 15) is 9.18 Å². The third-order valence-electron chi connectivity index (χ3n) is 3.35. The van der Waals surface area contributed by atoms with Gasteiger partial charge in [0.05, 0.1) is 5.02 Å². The van der Waals surface area contributed by atoms with E-state index in [1.165, 1.54) is 30.3 Å². The lowest BCUT2D eigenvalue weighted by molar-refractivity contribution is 0.104. The van der Waals surface area contributed by atoms with Crippen molar-refractivity contribution in [3.8, 4) is 11.3 Å². The molecule has 0 saturated heterocycles. The van der Waals surface area contributed by atoms with Gasteiger partial charge < -0.3 is 4.42 Å². The van der Waals surface area contributed by atoms with Crippen LogP contribution in [0.1, 0.15) is 16.1 Å². The van der Waals surface area contributed by atoms with E-state index in [0.29, 0.717) is 32.7 Å². The monoisotopic (exact) mass is 360 g/mol. The maximum absolute atomic E-state index is 12.9. The van der Waals surface area contributed by atoms with Gasteiger partial charge in [-0.25, -0.2) is 4.39 Å². The van der Waals surface area contributed by atoms with Crippen LogP contribution in [0.25, 0.3) is 17.4 Å². The first kappa shape index (κ1) is 16.5. The Balaban J connectivity index is 1.78. The highest BCUT2D eigenvalue weighted by atomic mass is 35.5. The standard InChI is InChI=1S/C19H11Cl2FO2/c20-13-3-8-16(17(21)11-13)19-10-7-15(24-19)6-9-18(23)12-1-4-14(22)5-2-12/h1-11H. The second-order valence-corrected chi connectivity index (χ2v) is 5.87. The first-order chi connectivity index (χ1) is 11.5. The van der Waals surface area contributed by atoms with Crippen molar-refractivity contribution in [2.45, 2.75) is 0 Å². The fraction of sp³-hybridized carbons (Fsp3) is 0. The van der Waals surface area contributed by atoms with Crippen molar-refractivity contribution in [2.24, 2.45) is 0 Å². The number of hydrogen-bond acceptors (Lipinski definition) is 2. The zero-order chi connectivity index (χ0) is 17.1. The predicted octanol–water partition coefficient (Wildman–Crippen LogP) is 6.29. The van der Waals surface area contributed by atoms with Gasteiger partial charge in [0.1, 0.15) is 17.3 Å². The summed E-state index contributed by atoms with van der Waals surface area (Å²) in [5, 5.41) is 1.02. The lowest BCUT2D eigenvalue weighted by Gasteiger charge is -2.00. The molecule has 3 aromatic rings. The van der Waals surface area contributed by atoms with Crippen molar-refractivity contribution in [1.82, 2.24) is 0 Å². The summed E-state index contributed by atoms with van der Waals surface area (Å²) in [5.41, 5.74) is 1.12. The molecule has 24 heavy (non-hydrogen) atoms. The molecule has 0 aliphatic rings. The highest BCUT2D eigenvalue weighted by Gasteiger charge is 2.09. The highest BCUT2D eigenvalue weighted by Crippen LogP contribution is 2.31. The molecule has 1 aromatic heterocycles. The molecule has 0 spiro atoms. The summed E-state index contributed by atoms with van der Waals surface area (Å²) >= 11 is 12.0. The Morgan fingerprint density at radius 1 is 1.00 bits per heavy atom. The Kier molecular flexibility index (Phi) is 4.84. The molecule has 2 nitrogen and oxygen atoms in total. The summed E-state index contributed by atoms with van der Waals surface area (Å²) < 4.78 is 18.5. The molecule has 0 N–H and O–H groups in total. The summed E-state index contributed by atoms with van der Waals surface area (Å²) in [6, 6.07) is 14.0. The van der Waals surface area contributed by atoms with Crippen LogP contribution in [0.2, 0.25) is 10.0 Å². The Hall–Kier alpha value is -2.36. The van der Waals surface area contributed by atoms with E-state index in [1.807, 2.05) is 0 Å². The van der Waals surface area contributed by atoms with E-state index in [1.54, 1.807) is 36.4 Å². The summed E-state index contributed by atoms with van der Waals surface area (Å²) in [5.74, 6) is 0.459. The SMILES string of the molecule is O=C(C=Cc1ccc(-c2ccc(Cl)cc2Cl)o1)c1ccc(F)cc1. The average Bonchev–Trinajstić information content (AvgIpc) is 3.02. The van der Waals surface area contributed by atoms with Gasteiger partial charge in [-0.2, -0.15) is 0 Å². The van der Waals surface area contributed by atoms with Crippen LogP contribution in [0.15, 0.2) is 65.1 Å². The van der Waals surface area contributed by atoms with E-state index in [4.69, 9.17) is 27.6 Å². The molecule has 0 saturated carbocycles. The summed E-state index contributed by atoms with van der Waals surface area (Å²) in [7, 11) is 0. The maximum Gasteiger partial charge on any atom is 0.185 e. The third-order valence-corrected chi connectivity index (χ3v) is 3.90. The maximum atomic E-state index is 12.9. The van der Waals surface area contributed by atoms with Crippen LogP contribution in [0.3, 0.4) is 0 Å². The number of carbonyl (C=O) groups is 1.